The van der Waals surface area contributed by atoms with Crippen molar-refractivity contribution in [2.45, 2.75) is 58.4 Å². The van der Waals surface area contributed by atoms with Gasteiger partial charge in [0.1, 0.15) is 0 Å². The number of rotatable bonds is 4. The lowest BCUT2D eigenvalue weighted by molar-refractivity contribution is 0.423. The largest absolute Gasteiger partial charge is 0.328 e. The summed E-state index contributed by atoms with van der Waals surface area (Å²) in [6.07, 6.45) is 7.42. The molecule has 0 aliphatic heterocycles. The van der Waals surface area contributed by atoms with Crippen molar-refractivity contribution in [2.24, 2.45) is 11.7 Å². The molecule has 2 rings (SSSR count). The maximum absolute atomic E-state index is 5.82. The van der Waals surface area contributed by atoms with E-state index in [2.05, 4.69) is 13.8 Å². The number of thiazole rings is 1. The van der Waals surface area contributed by atoms with E-state index >= 15 is 0 Å². The number of nitrogens with two attached hydrogens (primary N) is 1. The first kappa shape index (κ1) is 12.1. The average Bonchev–Trinajstić information content (AvgIpc) is 2.58. The van der Waals surface area contributed by atoms with Gasteiger partial charge < -0.3 is 5.73 Å². The third-order valence-electron chi connectivity index (χ3n) is 3.28. The van der Waals surface area contributed by atoms with Crippen LogP contribution in [0.4, 0.5) is 0 Å². The molecule has 1 aliphatic rings. The van der Waals surface area contributed by atoms with Gasteiger partial charge >= 0.3 is 0 Å². The second kappa shape index (κ2) is 5.28. The second-order valence-electron chi connectivity index (χ2n) is 5.06. The predicted molar refractivity (Wildman–Crippen MR) is 69.9 cm³/mol. The van der Waals surface area contributed by atoms with Gasteiger partial charge in [0.15, 0.2) is 0 Å². The highest BCUT2D eigenvalue weighted by Crippen LogP contribution is 2.32. The highest BCUT2D eigenvalue weighted by atomic mass is 32.1. The Morgan fingerprint density at radius 1 is 1.56 bits per heavy atom. The quantitative estimate of drug-likeness (QED) is 0.876. The molecule has 2 N–H and O–H groups in total. The lowest BCUT2D eigenvalue weighted by Crippen LogP contribution is -2.17. The number of hydrogen-bond acceptors (Lipinski definition) is 3. The predicted octanol–water partition coefficient (Wildman–Crippen LogP) is 2.94. The summed E-state index contributed by atoms with van der Waals surface area (Å²) in [6, 6.07) is 0.235. The molecule has 1 aromatic rings. The van der Waals surface area contributed by atoms with E-state index in [1.54, 1.807) is 4.88 Å². The van der Waals surface area contributed by atoms with Crippen LogP contribution < -0.4 is 5.73 Å². The van der Waals surface area contributed by atoms with E-state index in [0.717, 1.165) is 12.3 Å². The Morgan fingerprint density at radius 3 is 3.06 bits per heavy atom. The van der Waals surface area contributed by atoms with Gasteiger partial charge in [-0.1, -0.05) is 19.8 Å². The number of nitrogens with zero attached hydrogens (tertiary/aromatic N) is 1. The summed E-state index contributed by atoms with van der Waals surface area (Å²) >= 11 is 1.90. The first-order chi connectivity index (χ1) is 7.69. The molecule has 0 bridgehead atoms. The highest BCUT2D eigenvalue weighted by molar-refractivity contribution is 7.11. The summed E-state index contributed by atoms with van der Waals surface area (Å²) in [5, 5.41) is 1.25. The van der Waals surface area contributed by atoms with E-state index < -0.39 is 0 Å². The van der Waals surface area contributed by atoms with Crippen LogP contribution in [0.3, 0.4) is 0 Å². The Labute approximate surface area is 102 Å². The van der Waals surface area contributed by atoms with E-state index in [9.17, 15) is 0 Å². The molecule has 1 heterocycles. The summed E-state index contributed by atoms with van der Waals surface area (Å²) in [5.41, 5.74) is 7.19. The van der Waals surface area contributed by atoms with E-state index in [1.165, 1.54) is 42.8 Å². The van der Waals surface area contributed by atoms with Crippen LogP contribution >= 0.6 is 11.3 Å². The third kappa shape index (κ3) is 2.83. The number of hydrogen-bond donors (Lipinski definition) is 1. The summed E-state index contributed by atoms with van der Waals surface area (Å²) < 4.78 is 0. The molecule has 1 aliphatic carbocycles. The molecule has 0 saturated heterocycles. The zero-order valence-corrected chi connectivity index (χ0v) is 11.1. The molecule has 3 heteroatoms. The van der Waals surface area contributed by atoms with Crippen molar-refractivity contribution < 1.29 is 0 Å². The molecule has 0 saturated carbocycles. The van der Waals surface area contributed by atoms with Crippen molar-refractivity contribution >= 4 is 11.3 Å². The molecule has 2 nitrogen and oxygen atoms in total. The van der Waals surface area contributed by atoms with Crippen molar-refractivity contribution in [3.63, 3.8) is 0 Å². The van der Waals surface area contributed by atoms with Crippen LogP contribution in [0.2, 0.25) is 0 Å². The summed E-state index contributed by atoms with van der Waals surface area (Å²) in [4.78, 5) is 6.27. The second-order valence-corrected chi connectivity index (χ2v) is 6.22. The van der Waals surface area contributed by atoms with Gasteiger partial charge in [-0.15, -0.1) is 11.3 Å². The molecule has 16 heavy (non-hydrogen) atoms. The first-order valence-corrected chi connectivity index (χ1v) is 7.23. The molecule has 1 aromatic heterocycles. The monoisotopic (exact) mass is 238 g/mol. The van der Waals surface area contributed by atoms with E-state index in [-0.39, 0.29) is 6.04 Å². The molecule has 0 amide bonds. The fraction of sp³-hybridized carbons (Fsp3) is 0.769. The standard InChI is InChI=1S/C13H22N2S/c1-3-4-10-5-6-11-12(8-10)16-13(15-11)7-9(2)14/h9-10H,3-8,14H2,1-2H3. The van der Waals surface area contributed by atoms with Gasteiger partial charge in [0.05, 0.1) is 10.7 Å². The van der Waals surface area contributed by atoms with Crippen molar-refractivity contribution in [1.82, 2.24) is 4.98 Å². The van der Waals surface area contributed by atoms with E-state index in [0.29, 0.717) is 0 Å². The number of aromatic nitrogens is 1. The SMILES string of the molecule is CCCC1CCc2nc(CC(C)N)sc2C1. The fourth-order valence-corrected chi connectivity index (χ4v) is 3.89. The molecular weight excluding hydrogens is 216 g/mol. The van der Waals surface area contributed by atoms with Crippen LogP contribution in [-0.4, -0.2) is 11.0 Å². The zero-order chi connectivity index (χ0) is 11.5. The van der Waals surface area contributed by atoms with Crippen LogP contribution in [0.15, 0.2) is 0 Å². The van der Waals surface area contributed by atoms with Gasteiger partial charge in [-0.2, -0.15) is 0 Å². The third-order valence-corrected chi connectivity index (χ3v) is 4.42. The van der Waals surface area contributed by atoms with Crippen molar-refractivity contribution in [1.29, 1.82) is 0 Å². The fourth-order valence-electron chi connectivity index (χ4n) is 2.51. The Morgan fingerprint density at radius 2 is 2.38 bits per heavy atom. The van der Waals surface area contributed by atoms with Crippen molar-refractivity contribution in [3.05, 3.63) is 15.6 Å². The van der Waals surface area contributed by atoms with Crippen LogP contribution in [0.25, 0.3) is 0 Å². The van der Waals surface area contributed by atoms with E-state index in [1.807, 2.05) is 11.3 Å². The maximum atomic E-state index is 5.82. The smallest absolute Gasteiger partial charge is 0.0946 e. The minimum absolute atomic E-state index is 0.235. The van der Waals surface area contributed by atoms with Crippen LogP contribution in [-0.2, 0) is 19.3 Å². The summed E-state index contributed by atoms with van der Waals surface area (Å²) in [5.74, 6) is 0.904. The molecule has 2 unspecified atom stereocenters. The maximum Gasteiger partial charge on any atom is 0.0946 e. The minimum Gasteiger partial charge on any atom is -0.328 e. The van der Waals surface area contributed by atoms with Gasteiger partial charge in [-0.3, -0.25) is 0 Å². The molecule has 0 fully saturated rings. The van der Waals surface area contributed by atoms with Gasteiger partial charge in [-0.05, 0) is 32.1 Å². The summed E-state index contributed by atoms with van der Waals surface area (Å²) in [6.45, 7) is 4.34. The Balaban J connectivity index is 2.04. The molecule has 0 spiro atoms. The van der Waals surface area contributed by atoms with Gasteiger partial charge in [0.2, 0.25) is 0 Å². The highest BCUT2D eigenvalue weighted by Gasteiger charge is 2.21. The molecule has 0 aromatic carbocycles. The Bertz CT molecular complexity index is 344. The topological polar surface area (TPSA) is 38.9 Å². The number of aryl methyl sites for hydroxylation is 1. The lowest BCUT2D eigenvalue weighted by Gasteiger charge is -2.20. The Kier molecular flexibility index (Phi) is 3.98. The molecule has 2 atom stereocenters. The molecule has 90 valence electrons. The van der Waals surface area contributed by atoms with Crippen LogP contribution in [0.5, 0.6) is 0 Å². The minimum atomic E-state index is 0.235. The van der Waals surface area contributed by atoms with E-state index in [4.69, 9.17) is 10.7 Å². The molecular formula is C13H22N2S. The zero-order valence-electron chi connectivity index (χ0n) is 10.3. The van der Waals surface area contributed by atoms with Crippen molar-refractivity contribution in [2.75, 3.05) is 0 Å². The normalized spacial score (nSPS) is 21.8. The number of fused-ring (bicyclic) bond motifs is 1. The average molecular weight is 238 g/mol. The van der Waals surface area contributed by atoms with Crippen molar-refractivity contribution in [3.8, 4) is 0 Å². The molecule has 0 radical (unpaired) electrons. The lowest BCUT2D eigenvalue weighted by atomic mass is 9.88. The van der Waals surface area contributed by atoms with Gasteiger partial charge in [-0.25, -0.2) is 4.98 Å². The first-order valence-electron chi connectivity index (χ1n) is 6.42. The van der Waals surface area contributed by atoms with Gasteiger partial charge in [0.25, 0.3) is 0 Å². The Hall–Kier alpha value is -0.410. The van der Waals surface area contributed by atoms with Crippen LogP contribution in [0, 0.1) is 5.92 Å². The van der Waals surface area contributed by atoms with Gasteiger partial charge in [0, 0.05) is 17.3 Å². The van der Waals surface area contributed by atoms with Crippen LogP contribution in [0.1, 0.15) is 48.7 Å². The summed E-state index contributed by atoms with van der Waals surface area (Å²) in [7, 11) is 0.